The van der Waals surface area contributed by atoms with Gasteiger partial charge in [-0.15, -0.1) is 0 Å². The normalized spacial score (nSPS) is 29.7. The van der Waals surface area contributed by atoms with Gasteiger partial charge in [0.15, 0.2) is 6.04 Å². The van der Waals surface area contributed by atoms with Crippen molar-refractivity contribution in [1.29, 1.82) is 0 Å². The zero-order valence-electron chi connectivity index (χ0n) is 7.39. The average molecular weight is 216 g/mol. The van der Waals surface area contributed by atoms with E-state index in [1.807, 2.05) is 0 Å². The lowest BCUT2D eigenvalue weighted by Crippen LogP contribution is -2.44. The van der Waals surface area contributed by atoms with E-state index in [-0.39, 0.29) is 6.54 Å². The van der Waals surface area contributed by atoms with E-state index in [0.29, 0.717) is 4.90 Å². The van der Waals surface area contributed by atoms with Crippen molar-refractivity contribution in [1.82, 2.24) is 4.90 Å². The second kappa shape index (κ2) is 4.03. The first-order valence-corrected chi connectivity index (χ1v) is 3.93. The lowest BCUT2D eigenvalue weighted by molar-refractivity contribution is -0.144. The highest BCUT2D eigenvalue weighted by Crippen LogP contribution is 2.21. The van der Waals surface area contributed by atoms with Crippen molar-refractivity contribution >= 4 is 12.1 Å². The maximum absolute atomic E-state index is 10.7. The molecule has 0 aliphatic carbocycles. The summed E-state index contributed by atoms with van der Waals surface area (Å²) in [6.45, 7) is -0.322. The third kappa shape index (κ3) is 1.92. The topological polar surface area (TPSA) is 147 Å². The quantitative estimate of drug-likeness (QED) is 0.322. The summed E-state index contributed by atoms with van der Waals surface area (Å²) >= 11 is 0. The summed E-state index contributed by atoms with van der Waals surface area (Å²) in [5.74, 6) is -1.47. The fourth-order valence-corrected chi connectivity index (χ4v) is 1.47. The molecule has 1 aliphatic rings. The van der Waals surface area contributed by atoms with Crippen LogP contribution in [0.5, 0.6) is 0 Å². The molecule has 1 aliphatic heterocycles. The lowest BCUT2D eigenvalue weighted by Gasteiger charge is -2.18. The van der Waals surface area contributed by atoms with E-state index >= 15 is 0 Å². The molecule has 0 aromatic heterocycles. The molecule has 9 heteroatoms. The number of azide groups is 1. The van der Waals surface area contributed by atoms with E-state index in [2.05, 4.69) is 10.0 Å². The summed E-state index contributed by atoms with van der Waals surface area (Å²) in [6, 6.07) is -2.65. The molecule has 1 rings (SSSR count). The van der Waals surface area contributed by atoms with Gasteiger partial charge in [-0.1, -0.05) is 5.11 Å². The Morgan fingerprint density at radius 3 is 2.40 bits per heavy atom. The van der Waals surface area contributed by atoms with Gasteiger partial charge in [-0.2, -0.15) is 0 Å². The summed E-state index contributed by atoms with van der Waals surface area (Å²) in [7, 11) is 0. The van der Waals surface area contributed by atoms with Crippen molar-refractivity contribution < 1.29 is 24.9 Å². The van der Waals surface area contributed by atoms with Crippen LogP contribution < -0.4 is 0 Å². The van der Waals surface area contributed by atoms with E-state index < -0.39 is 30.3 Å². The maximum Gasteiger partial charge on any atom is 0.408 e. The molecule has 0 saturated carbocycles. The molecule has 0 unspecified atom stereocenters. The Balaban J connectivity index is 2.96. The van der Waals surface area contributed by atoms with Crippen molar-refractivity contribution in [3.05, 3.63) is 10.4 Å². The van der Waals surface area contributed by atoms with Gasteiger partial charge >= 0.3 is 12.1 Å². The van der Waals surface area contributed by atoms with Crippen LogP contribution in [0.1, 0.15) is 0 Å². The van der Waals surface area contributed by atoms with E-state index in [4.69, 9.17) is 15.7 Å². The summed E-state index contributed by atoms with van der Waals surface area (Å²) in [4.78, 5) is 24.2. The number of hydrogen-bond acceptors (Lipinski definition) is 4. The number of likely N-dealkylation sites (tertiary alicyclic amines) is 1. The van der Waals surface area contributed by atoms with Gasteiger partial charge in [0, 0.05) is 11.5 Å². The minimum atomic E-state index is -1.59. The molecule has 1 saturated heterocycles. The van der Waals surface area contributed by atoms with Gasteiger partial charge in [0.2, 0.25) is 0 Å². The van der Waals surface area contributed by atoms with Gasteiger partial charge in [0.05, 0.1) is 12.1 Å². The molecule has 1 amide bonds. The molecule has 3 N–H and O–H groups in total. The zero-order chi connectivity index (χ0) is 11.6. The smallest absolute Gasteiger partial charge is 0.408 e. The Kier molecular flexibility index (Phi) is 2.98. The predicted molar refractivity (Wildman–Crippen MR) is 45.1 cm³/mol. The molecular formula is C6H8N4O5. The molecule has 1 fully saturated rings. The Hall–Kier alpha value is -1.99. The first-order chi connectivity index (χ1) is 6.99. The molecule has 0 radical (unpaired) electrons. The van der Waals surface area contributed by atoms with Gasteiger partial charge in [-0.05, 0) is 5.53 Å². The van der Waals surface area contributed by atoms with Gasteiger partial charge in [-0.3, -0.25) is 4.90 Å². The Morgan fingerprint density at radius 2 is 2.07 bits per heavy atom. The molecule has 15 heavy (non-hydrogen) atoms. The third-order valence-corrected chi connectivity index (χ3v) is 2.14. The number of aliphatic hydroxyl groups is 1. The van der Waals surface area contributed by atoms with Crippen LogP contribution in [-0.2, 0) is 4.79 Å². The van der Waals surface area contributed by atoms with Crippen LogP contribution in [0, 0.1) is 0 Å². The molecule has 0 aromatic rings. The van der Waals surface area contributed by atoms with Crippen LogP contribution in [0.3, 0.4) is 0 Å². The highest BCUT2D eigenvalue weighted by atomic mass is 16.4. The molecule has 0 aromatic carbocycles. The van der Waals surface area contributed by atoms with Gasteiger partial charge in [0.1, 0.15) is 0 Å². The molecule has 0 bridgehead atoms. The number of aliphatic carboxylic acids is 1. The number of aliphatic hydroxyl groups excluding tert-OH is 1. The third-order valence-electron chi connectivity index (χ3n) is 2.14. The van der Waals surface area contributed by atoms with Crippen LogP contribution in [-0.4, -0.2) is 57.0 Å². The van der Waals surface area contributed by atoms with Crippen molar-refractivity contribution in [3.8, 4) is 0 Å². The van der Waals surface area contributed by atoms with Gasteiger partial charge in [0.25, 0.3) is 0 Å². The fraction of sp³-hybridized carbons (Fsp3) is 0.667. The molecule has 82 valence electrons. The summed E-state index contributed by atoms with van der Waals surface area (Å²) in [6.07, 6.45) is -2.99. The standard InChI is InChI=1S/C6H8N4O5/c7-9-8-2-1-10(6(14)15)3(4(2)11)5(12)13/h2-4,11H,1H2,(H,12,13)(H,14,15)/t2-,3+,4+/m1/s1. The molecular weight excluding hydrogens is 208 g/mol. The monoisotopic (exact) mass is 216 g/mol. The Bertz CT molecular complexity index is 338. The molecule has 9 nitrogen and oxygen atoms in total. The maximum atomic E-state index is 10.7. The number of amides is 1. The van der Waals surface area contributed by atoms with E-state index in [1.165, 1.54) is 0 Å². The summed E-state index contributed by atoms with van der Waals surface area (Å²) in [5.41, 5.74) is 8.13. The summed E-state index contributed by atoms with van der Waals surface area (Å²) < 4.78 is 0. The fourth-order valence-electron chi connectivity index (χ4n) is 1.47. The number of rotatable bonds is 2. The van der Waals surface area contributed by atoms with Crippen LogP contribution in [0.25, 0.3) is 10.4 Å². The number of nitrogens with zero attached hydrogens (tertiary/aromatic N) is 4. The molecule has 1 heterocycles. The minimum absolute atomic E-state index is 0.322. The van der Waals surface area contributed by atoms with E-state index in [0.717, 1.165) is 0 Å². The van der Waals surface area contributed by atoms with Crippen LogP contribution in [0.15, 0.2) is 5.11 Å². The minimum Gasteiger partial charge on any atom is -0.480 e. The van der Waals surface area contributed by atoms with Crippen LogP contribution >= 0.6 is 0 Å². The van der Waals surface area contributed by atoms with Crippen molar-refractivity contribution in [2.45, 2.75) is 18.2 Å². The Labute approximate surface area is 83.2 Å². The lowest BCUT2D eigenvalue weighted by atomic mass is 10.1. The first-order valence-electron chi connectivity index (χ1n) is 3.93. The average Bonchev–Trinajstić information content (AvgIpc) is 2.44. The van der Waals surface area contributed by atoms with E-state index in [1.54, 1.807) is 0 Å². The highest BCUT2D eigenvalue weighted by molar-refractivity contribution is 5.81. The van der Waals surface area contributed by atoms with Gasteiger partial charge < -0.3 is 15.3 Å². The van der Waals surface area contributed by atoms with Crippen LogP contribution in [0.2, 0.25) is 0 Å². The number of carbonyl (C=O) groups is 2. The van der Waals surface area contributed by atoms with Gasteiger partial charge in [-0.25, -0.2) is 9.59 Å². The highest BCUT2D eigenvalue weighted by Gasteiger charge is 2.47. The van der Waals surface area contributed by atoms with Crippen molar-refractivity contribution in [3.63, 3.8) is 0 Å². The van der Waals surface area contributed by atoms with Crippen LogP contribution in [0.4, 0.5) is 4.79 Å². The first kappa shape index (κ1) is 11.1. The molecule has 0 spiro atoms. The number of carboxylic acid groups (broad SMARTS) is 2. The van der Waals surface area contributed by atoms with Crippen molar-refractivity contribution in [2.75, 3.05) is 6.54 Å². The number of carboxylic acids is 1. The van der Waals surface area contributed by atoms with E-state index in [9.17, 15) is 14.7 Å². The molecule has 3 atom stereocenters. The second-order valence-electron chi connectivity index (χ2n) is 2.98. The van der Waals surface area contributed by atoms with Crippen molar-refractivity contribution in [2.24, 2.45) is 5.11 Å². The Morgan fingerprint density at radius 1 is 1.47 bits per heavy atom. The summed E-state index contributed by atoms with van der Waals surface area (Å²) in [5, 5.41) is 29.9. The SMILES string of the molecule is [N-]=[N+]=N[C@@H]1CN(C(=O)O)[C@H](C(=O)O)[C@H]1O. The zero-order valence-corrected chi connectivity index (χ0v) is 7.39. The predicted octanol–water partition coefficient (Wildman–Crippen LogP) is -0.527. The second-order valence-corrected chi connectivity index (χ2v) is 2.98. The largest absolute Gasteiger partial charge is 0.480 e. The number of hydrogen-bond donors (Lipinski definition) is 3.